The summed E-state index contributed by atoms with van der Waals surface area (Å²) in [6, 6.07) is 3.04. The topological polar surface area (TPSA) is 27.0 Å². The Hall–Kier alpha value is 0.910. The molecule has 62 valence electrons. The lowest BCUT2D eigenvalue weighted by Gasteiger charge is -2.26. The Morgan fingerprint density at radius 1 is 1.18 bits per heavy atom. The second kappa shape index (κ2) is 4.82. The second-order valence-corrected chi connectivity index (χ2v) is 6.82. The van der Waals surface area contributed by atoms with Gasteiger partial charge in [-0.2, -0.15) is 6.59 Å². The average molecular weight is 376 g/mol. The highest BCUT2D eigenvalue weighted by molar-refractivity contribution is 14.2. The largest absolute Gasteiger partial charge is 0.198 e. The molecule has 0 N–H and O–H groups in total. The van der Waals surface area contributed by atoms with E-state index in [1.165, 1.54) is 12.8 Å². The Balaban J connectivity index is 2.31. The van der Waals surface area contributed by atoms with Gasteiger partial charge in [0.1, 0.15) is 0 Å². The molecular weight excluding hydrogens is 366 g/mol. The molecule has 1 saturated carbocycles. The predicted molar refractivity (Wildman–Crippen MR) is 61.2 cm³/mol. The lowest BCUT2D eigenvalue weighted by molar-refractivity contribution is 0.340. The lowest BCUT2D eigenvalue weighted by atomic mass is 9.88. The second-order valence-electron chi connectivity index (χ2n) is 2.89. The van der Waals surface area contributed by atoms with Crippen molar-refractivity contribution >= 4 is 45.7 Å². The maximum atomic E-state index is 8.65. The molecular formula is C7H10I2N2. The van der Waals surface area contributed by atoms with Crippen molar-refractivity contribution in [2.75, 3.05) is 0 Å². The van der Waals surface area contributed by atoms with E-state index in [0.717, 1.165) is 12.8 Å². The molecule has 1 aliphatic carbocycles. The minimum Gasteiger partial charge on any atom is -0.198 e. The Morgan fingerprint density at radius 2 is 1.73 bits per heavy atom. The van der Waals surface area contributed by atoms with Crippen LogP contribution in [0.3, 0.4) is 0 Å². The maximum absolute atomic E-state index is 8.65. The number of hydrogen-bond acceptors (Lipinski definition) is 2. The van der Waals surface area contributed by atoms with Crippen molar-refractivity contribution in [3.8, 4) is 6.07 Å². The van der Waals surface area contributed by atoms with E-state index in [4.69, 9.17) is 5.26 Å². The van der Waals surface area contributed by atoms with Crippen molar-refractivity contribution in [1.82, 2.24) is 1.33 Å². The molecule has 0 radical (unpaired) electrons. The van der Waals surface area contributed by atoms with Crippen LogP contribution in [0.1, 0.15) is 25.7 Å². The molecule has 4 heteroatoms. The molecule has 0 aromatic carbocycles. The molecule has 0 aliphatic heterocycles. The van der Waals surface area contributed by atoms with Crippen LogP contribution >= 0.6 is 45.7 Å². The van der Waals surface area contributed by atoms with Crippen LogP contribution < -0.4 is 0 Å². The molecule has 0 heterocycles. The molecule has 0 saturated heterocycles. The van der Waals surface area contributed by atoms with Crippen molar-refractivity contribution in [3.63, 3.8) is 0 Å². The zero-order valence-corrected chi connectivity index (χ0v) is 10.4. The standard InChI is InChI=1S/C7H10I2N2/c8-11(9)7-3-1-6(5-10)2-4-7/h6-7H,1-4H2/t6-,7-. The predicted octanol–water partition coefficient (Wildman–Crippen LogP) is 3.07. The van der Waals surface area contributed by atoms with E-state index in [2.05, 4.69) is 53.1 Å². The lowest BCUT2D eigenvalue weighted by Crippen LogP contribution is -2.24. The first-order valence-electron chi connectivity index (χ1n) is 3.74. The first kappa shape index (κ1) is 9.99. The van der Waals surface area contributed by atoms with Gasteiger partial charge in [0.2, 0.25) is 0 Å². The summed E-state index contributed by atoms with van der Waals surface area (Å²) in [5.41, 5.74) is 0. The first-order valence-corrected chi connectivity index (χ1v) is 5.67. The van der Waals surface area contributed by atoms with E-state index in [1.54, 1.807) is 0 Å². The number of nitriles is 1. The van der Waals surface area contributed by atoms with Crippen LogP contribution in [0.5, 0.6) is 0 Å². The highest BCUT2D eigenvalue weighted by atomic mass is 127. The quantitative estimate of drug-likeness (QED) is 0.520. The summed E-state index contributed by atoms with van der Waals surface area (Å²) in [6.45, 7) is 0. The van der Waals surface area contributed by atoms with Crippen molar-refractivity contribution < 1.29 is 0 Å². The van der Waals surface area contributed by atoms with Gasteiger partial charge in [-0.3, -0.25) is 0 Å². The van der Waals surface area contributed by atoms with Crippen LogP contribution in [0.2, 0.25) is 0 Å². The summed E-state index contributed by atoms with van der Waals surface area (Å²) in [5, 5.41) is 8.65. The molecule has 0 spiro atoms. The molecule has 11 heavy (non-hydrogen) atoms. The molecule has 0 amide bonds. The molecule has 1 rings (SSSR count). The molecule has 0 unspecified atom stereocenters. The highest BCUT2D eigenvalue weighted by Crippen LogP contribution is 2.30. The van der Waals surface area contributed by atoms with Gasteiger partial charge in [-0.15, -0.1) is 0 Å². The van der Waals surface area contributed by atoms with E-state index in [-0.39, 0.29) is 0 Å². The van der Waals surface area contributed by atoms with Crippen molar-refractivity contribution in [2.24, 2.45) is 5.92 Å². The summed E-state index contributed by atoms with van der Waals surface area (Å²) < 4.78 is 2.21. The van der Waals surface area contributed by atoms with Crippen LogP contribution in [-0.4, -0.2) is 7.37 Å². The summed E-state index contributed by atoms with van der Waals surface area (Å²) >= 11 is 4.64. The number of halogens is 2. The fourth-order valence-electron chi connectivity index (χ4n) is 1.40. The summed E-state index contributed by atoms with van der Waals surface area (Å²) in [6.07, 6.45) is 4.54. The van der Waals surface area contributed by atoms with Crippen molar-refractivity contribution in [3.05, 3.63) is 0 Å². The SMILES string of the molecule is N#C[C@H]1CC[C@H](N(I)I)CC1. The fourth-order valence-corrected chi connectivity index (χ4v) is 2.51. The molecule has 0 bridgehead atoms. The number of rotatable bonds is 1. The number of nitrogens with zero attached hydrogens (tertiary/aromatic N) is 2. The molecule has 2 nitrogen and oxygen atoms in total. The molecule has 1 aliphatic rings. The summed E-state index contributed by atoms with van der Waals surface area (Å²) in [4.78, 5) is 0. The third-order valence-electron chi connectivity index (χ3n) is 2.16. The van der Waals surface area contributed by atoms with Gasteiger partial charge >= 0.3 is 0 Å². The average Bonchev–Trinajstić information content (AvgIpc) is 2.05. The van der Waals surface area contributed by atoms with Gasteiger partial charge in [0, 0.05) is 57.7 Å². The van der Waals surface area contributed by atoms with Crippen LogP contribution in [0.15, 0.2) is 0 Å². The number of hydrogen-bond donors (Lipinski definition) is 0. The minimum absolute atomic E-state index is 0.332. The van der Waals surface area contributed by atoms with E-state index in [9.17, 15) is 0 Å². The van der Waals surface area contributed by atoms with Gasteiger partial charge in [-0.25, -0.2) is 0 Å². The molecule has 0 aromatic rings. The Kier molecular flexibility index (Phi) is 4.38. The molecule has 1 fully saturated rings. The van der Waals surface area contributed by atoms with E-state index < -0.39 is 0 Å². The maximum Gasteiger partial charge on any atom is 0.0655 e. The summed E-state index contributed by atoms with van der Waals surface area (Å²) in [5.74, 6) is 0.332. The smallest absolute Gasteiger partial charge is 0.0655 e. The van der Waals surface area contributed by atoms with Gasteiger partial charge in [0.15, 0.2) is 0 Å². The van der Waals surface area contributed by atoms with Crippen LogP contribution in [0.25, 0.3) is 0 Å². The summed E-state index contributed by atoms with van der Waals surface area (Å²) in [7, 11) is 0. The monoisotopic (exact) mass is 376 g/mol. The van der Waals surface area contributed by atoms with Gasteiger partial charge in [-0.1, -0.05) is 0 Å². The fraction of sp³-hybridized carbons (Fsp3) is 0.857. The third-order valence-corrected chi connectivity index (χ3v) is 3.73. The Bertz CT molecular complexity index is 156. The van der Waals surface area contributed by atoms with Crippen LogP contribution in [0.4, 0.5) is 0 Å². The zero-order valence-electron chi connectivity index (χ0n) is 6.13. The highest BCUT2D eigenvalue weighted by Gasteiger charge is 2.23. The van der Waals surface area contributed by atoms with Crippen molar-refractivity contribution in [2.45, 2.75) is 31.7 Å². The van der Waals surface area contributed by atoms with E-state index in [1.807, 2.05) is 0 Å². The first-order chi connectivity index (χ1) is 5.24. The van der Waals surface area contributed by atoms with Crippen LogP contribution in [-0.2, 0) is 0 Å². The van der Waals surface area contributed by atoms with Gasteiger partial charge in [0.25, 0.3) is 0 Å². The van der Waals surface area contributed by atoms with Gasteiger partial charge in [-0.05, 0) is 25.7 Å². The Labute approximate surface area is 95.3 Å². The van der Waals surface area contributed by atoms with Crippen molar-refractivity contribution in [1.29, 1.82) is 5.26 Å². The zero-order chi connectivity index (χ0) is 8.27. The van der Waals surface area contributed by atoms with Gasteiger partial charge in [0.05, 0.1) is 6.07 Å². The molecule has 0 aromatic heterocycles. The van der Waals surface area contributed by atoms with E-state index in [0.29, 0.717) is 12.0 Å². The Morgan fingerprint density at radius 3 is 2.09 bits per heavy atom. The third kappa shape index (κ3) is 3.03. The minimum atomic E-state index is 0.332. The van der Waals surface area contributed by atoms with E-state index >= 15 is 0 Å². The van der Waals surface area contributed by atoms with Crippen LogP contribution in [0, 0.1) is 17.2 Å². The molecule has 0 atom stereocenters. The van der Waals surface area contributed by atoms with Gasteiger partial charge < -0.3 is 0 Å². The normalized spacial score (nSPS) is 31.8.